The predicted molar refractivity (Wildman–Crippen MR) is 87.8 cm³/mol. The van der Waals surface area contributed by atoms with E-state index in [9.17, 15) is 4.79 Å². The summed E-state index contributed by atoms with van der Waals surface area (Å²) in [4.78, 5) is 12.6. The summed E-state index contributed by atoms with van der Waals surface area (Å²) in [5.41, 5.74) is 1.02. The Labute approximate surface area is 139 Å². The highest BCUT2D eigenvalue weighted by Crippen LogP contribution is 2.16. The number of fused-ring (bicyclic) bond motifs is 1. The molecule has 24 heavy (non-hydrogen) atoms. The second-order valence-electron chi connectivity index (χ2n) is 5.02. The fourth-order valence-electron chi connectivity index (χ4n) is 2.23. The first kappa shape index (κ1) is 14.6. The lowest BCUT2D eigenvalue weighted by molar-refractivity contribution is 0.637. The van der Waals surface area contributed by atoms with Crippen LogP contribution in [0.3, 0.4) is 0 Å². The molecule has 9 nitrogen and oxygen atoms in total. The minimum absolute atomic E-state index is 0.239. The van der Waals surface area contributed by atoms with Gasteiger partial charge in [-0.1, -0.05) is 35.2 Å². The average molecular weight is 340 g/mol. The van der Waals surface area contributed by atoms with Gasteiger partial charge in [-0.2, -0.15) is 9.78 Å². The Balaban J connectivity index is 1.69. The third-order valence-electron chi connectivity index (χ3n) is 3.44. The number of rotatable bonds is 4. The number of thioether (sulfide) groups is 1. The standard InChI is InChI=1S/C14H12N8OS/c1-20-8-15-18-14(20)24-9-21-13(23)11-7-16-22(12(11)17-19-21)10-5-3-2-4-6-10/h2-8H,9H2,1H3. The van der Waals surface area contributed by atoms with E-state index in [1.807, 2.05) is 37.4 Å². The smallest absolute Gasteiger partial charge is 0.281 e. The van der Waals surface area contributed by atoms with Gasteiger partial charge in [-0.3, -0.25) is 4.79 Å². The molecular formula is C14H12N8OS. The molecule has 0 amide bonds. The molecule has 0 fully saturated rings. The van der Waals surface area contributed by atoms with Gasteiger partial charge in [0.25, 0.3) is 5.56 Å². The lowest BCUT2D eigenvalue weighted by atomic mass is 10.3. The molecule has 10 heteroatoms. The van der Waals surface area contributed by atoms with Crippen molar-refractivity contribution in [1.29, 1.82) is 0 Å². The van der Waals surface area contributed by atoms with Gasteiger partial charge in [0.2, 0.25) is 0 Å². The maximum Gasteiger partial charge on any atom is 0.281 e. The zero-order valence-corrected chi connectivity index (χ0v) is 13.5. The van der Waals surface area contributed by atoms with E-state index >= 15 is 0 Å². The zero-order chi connectivity index (χ0) is 16.5. The molecule has 0 atom stereocenters. The Hall–Kier alpha value is -3.01. The highest BCUT2D eigenvalue weighted by molar-refractivity contribution is 7.98. The normalized spacial score (nSPS) is 11.2. The Bertz CT molecular complexity index is 1050. The number of aryl methyl sites for hydroxylation is 1. The predicted octanol–water partition coefficient (Wildman–Crippen LogP) is 0.855. The first-order chi connectivity index (χ1) is 11.7. The molecule has 0 aliphatic rings. The van der Waals surface area contributed by atoms with Crippen molar-refractivity contribution in [3.8, 4) is 5.69 Å². The third-order valence-corrected chi connectivity index (χ3v) is 4.44. The second-order valence-corrected chi connectivity index (χ2v) is 5.93. The second kappa shape index (κ2) is 5.89. The Morgan fingerprint density at radius 1 is 1.17 bits per heavy atom. The quantitative estimate of drug-likeness (QED) is 0.508. The molecule has 0 unspecified atom stereocenters. The van der Waals surface area contributed by atoms with E-state index in [-0.39, 0.29) is 5.56 Å². The number of para-hydroxylation sites is 1. The summed E-state index contributed by atoms with van der Waals surface area (Å²) in [6, 6.07) is 9.49. The van der Waals surface area contributed by atoms with Crippen LogP contribution in [-0.2, 0) is 12.9 Å². The molecule has 0 spiro atoms. The highest BCUT2D eigenvalue weighted by Gasteiger charge is 2.13. The molecule has 1 aromatic carbocycles. The van der Waals surface area contributed by atoms with Crippen LogP contribution < -0.4 is 5.56 Å². The van der Waals surface area contributed by atoms with Crippen LogP contribution >= 0.6 is 11.8 Å². The monoisotopic (exact) mass is 340 g/mol. The van der Waals surface area contributed by atoms with Crippen LogP contribution in [0.15, 0.2) is 52.8 Å². The number of benzene rings is 1. The van der Waals surface area contributed by atoms with Crippen LogP contribution in [0, 0.1) is 0 Å². The molecule has 120 valence electrons. The van der Waals surface area contributed by atoms with Crippen molar-refractivity contribution in [2.24, 2.45) is 7.05 Å². The molecule has 0 N–H and O–H groups in total. The van der Waals surface area contributed by atoms with E-state index in [1.54, 1.807) is 15.6 Å². The lowest BCUT2D eigenvalue weighted by Gasteiger charge is -2.04. The largest absolute Gasteiger partial charge is 0.312 e. The van der Waals surface area contributed by atoms with Gasteiger partial charge < -0.3 is 4.57 Å². The molecule has 0 radical (unpaired) electrons. The minimum atomic E-state index is -0.239. The highest BCUT2D eigenvalue weighted by atomic mass is 32.2. The van der Waals surface area contributed by atoms with Crippen molar-refractivity contribution >= 4 is 22.8 Å². The summed E-state index contributed by atoms with van der Waals surface area (Å²) in [5.74, 6) is 0.296. The van der Waals surface area contributed by atoms with Crippen molar-refractivity contribution in [2.45, 2.75) is 11.0 Å². The molecule has 0 bridgehead atoms. The van der Waals surface area contributed by atoms with Gasteiger partial charge in [0.05, 0.1) is 17.8 Å². The number of hydrogen-bond donors (Lipinski definition) is 0. The van der Waals surface area contributed by atoms with Crippen LogP contribution in [0.25, 0.3) is 16.7 Å². The average Bonchev–Trinajstić information content (AvgIpc) is 3.22. The Morgan fingerprint density at radius 2 is 2.00 bits per heavy atom. The fraction of sp³-hybridized carbons (Fsp3) is 0.143. The van der Waals surface area contributed by atoms with Crippen molar-refractivity contribution in [3.63, 3.8) is 0 Å². The first-order valence-electron chi connectivity index (χ1n) is 7.08. The van der Waals surface area contributed by atoms with Crippen LogP contribution in [0.1, 0.15) is 0 Å². The first-order valence-corrected chi connectivity index (χ1v) is 8.06. The van der Waals surface area contributed by atoms with Crippen molar-refractivity contribution in [2.75, 3.05) is 0 Å². The van der Waals surface area contributed by atoms with Crippen molar-refractivity contribution < 1.29 is 0 Å². The minimum Gasteiger partial charge on any atom is -0.312 e. The van der Waals surface area contributed by atoms with E-state index in [1.165, 1.54) is 22.6 Å². The summed E-state index contributed by atoms with van der Waals surface area (Å²) in [6.07, 6.45) is 3.12. The van der Waals surface area contributed by atoms with Crippen LogP contribution in [-0.4, -0.2) is 39.5 Å². The summed E-state index contributed by atoms with van der Waals surface area (Å²) >= 11 is 1.36. The van der Waals surface area contributed by atoms with Crippen LogP contribution in [0.2, 0.25) is 0 Å². The molecule has 0 saturated carbocycles. The molecule has 4 rings (SSSR count). The van der Waals surface area contributed by atoms with Gasteiger partial charge in [-0.15, -0.1) is 15.3 Å². The number of nitrogens with zero attached hydrogens (tertiary/aromatic N) is 8. The van der Waals surface area contributed by atoms with E-state index < -0.39 is 0 Å². The molecule has 4 aromatic rings. The van der Waals surface area contributed by atoms with Gasteiger partial charge in [0, 0.05) is 7.05 Å². The fourth-order valence-corrected chi connectivity index (χ4v) is 2.99. The van der Waals surface area contributed by atoms with Crippen LogP contribution in [0.5, 0.6) is 0 Å². The van der Waals surface area contributed by atoms with Gasteiger partial charge in [0.1, 0.15) is 11.7 Å². The molecule has 3 aromatic heterocycles. The van der Waals surface area contributed by atoms with Crippen LogP contribution in [0.4, 0.5) is 0 Å². The van der Waals surface area contributed by atoms with Crippen molar-refractivity contribution in [1.82, 2.24) is 39.5 Å². The molecule has 0 aliphatic heterocycles. The maximum absolute atomic E-state index is 12.6. The van der Waals surface area contributed by atoms with E-state index in [4.69, 9.17) is 0 Å². The number of hydrogen-bond acceptors (Lipinski definition) is 7. The van der Waals surface area contributed by atoms with Crippen molar-refractivity contribution in [3.05, 3.63) is 53.2 Å². The number of aromatic nitrogens is 8. The van der Waals surface area contributed by atoms with Gasteiger partial charge >= 0.3 is 0 Å². The Kier molecular flexibility index (Phi) is 3.58. The topological polar surface area (TPSA) is 96.3 Å². The third kappa shape index (κ3) is 2.46. The molecule has 0 aliphatic carbocycles. The zero-order valence-electron chi connectivity index (χ0n) is 12.6. The summed E-state index contributed by atoms with van der Waals surface area (Å²) in [5, 5.41) is 21.3. The van der Waals surface area contributed by atoms with E-state index in [0.717, 1.165) is 5.69 Å². The Morgan fingerprint density at radius 3 is 2.75 bits per heavy atom. The lowest BCUT2D eigenvalue weighted by Crippen LogP contribution is -2.23. The van der Waals surface area contributed by atoms with E-state index in [0.29, 0.717) is 22.1 Å². The van der Waals surface area contributed by atoms with Gasteiger partial charge in [-0.25, -0.2) is 4.68 Å². The summed E-state index contributed by atoms with van der Waals surface area (Å²) in [6.45, 7) is 0. The summed E-state index contributed by atoms with van der Waals surface area (Å²) < 4.78 is 4.66. The maximum atomic E-state index is 12.6. The summed E-state index contributed by atoms with van der Waals surface area (Å²) in [7, 11) is 1.84. The van der Waals surface area contributed by atoms with E-state index in [2.05, 4.69) is 25.6 Å². The molecule has 0 saturated heterocycles. The SMILES string of the molecule is Cn1cnnc1SCn1nnc2c(cnn2-c2ccccc2)c1=O. The molecule has 3 heterocycles. The molecular weight excluding hydrogens is 328 g/mol. The van der Waals surface area contributed by atoms with Gasteiger partial charge in [0.15, 0.2) is 10.8 Å². The van der Waals surface area contributed by atoms with Gasteiger partial charge in [-0.05, 0) is 12.1 Å².